The van der Waals surface area contributed by atoms with Crippen molar-refractivity contribution in [2.24, 2.45) is 5.73 Å². The third kappa shape index (κ3) is 6.46. The van der Waals surface area contributed by atoms with E-state index >= 15 is 0 Å². The van der Waals surface area contributed by atoms with Crippen molar-refractivity contribution >= 4 is 24.2 Å². The summed E-state index contributed by atoms with van der Waals surface area (Å²) in [6.45, 7) is 0.411. The minimum atomic E-state index is -0.337. The highest BCUT2D eigenvalue weighted by molar-refractivity contribution is 5.85. The van der Waals surface area contributed by atoms with E-state index in [1.54, 1.807) is 19.1 Å². The molecule has 1 aromatic carbocycles. The van der Waals surface area contributed by atoms with Crippen LogP contribution in [-0.2, 0) is 16.0 Å². The van der Waals surface area contributed by atoms with E-state index in [2.05, 4.69) is 5.32 Å². The second kappa shape index (κ2) is 10.0. The van der Waals surface area contributed by atoms with Gasteiger partial charge >= 0.3 is 0 Å². The Labute approximate surface area is 131 Å². The minimum absolute atomic E-state index is 0. The maximum absolute atomic E-state index is 11.8. The van der Waals surface area contributed by atoms with Crippen molar-refractivity contribution < 1.29 is 14.3 Å². The van der Waals surface area contributed by atoms with Crippen LogP contribution in [0.25, 0.3) is 0 Å². The van der Waals surface area contributed by atoms with Gasteiger partial charge in [0.2, 0.25) is 11.8 Å². The third-order valence-corrected chi connectivity index (χ3v) is 2.96. The first kappa shape index (κ1) is 19.2. The minimum Gasteiger partial charge on any atom is -0.496 e. The van der Waals surface area contributed by atoms with Crippen molar-refractivity contribution in [2.75, 3.05) is 33.8 Å². The third-order valence-electron chi connectivity index (χ3n) is 2.96. The molecular weight excluding hydrogens is 294 g/mol. The summed E-state index contributed by atoms with van der Waals surface area (Å²) in [6, 6.07) is 7.69. The second-order valence-corrected chi connectivity index (χ2v) is 4.36. The van der Waals surface area contributed by atoms with E-state index < -0.39 is 0 Å². The van der Waals surface area contributed by atoms with E-state index in [9.17, 15) is 9.59 Å². The molecule has 0 saturated carbocycles. The van der Waals surface area contributed by atoms with E-state index in [1.807, 2.05) is 24.3 Å². The molecule has 118 valence electrons. The SMILES string of the molecule is COc1ccccc1CCN(C)C(=O)CNC(=O)CN.Cl. The predicted molar refractivity (Wildman–Crippen MR) is 83.6 cm³/mol. The van der Waals surface area contributed by atoms with Crippen LogP contribution in [0.5, 0.6) is 5.75 Å². The number of likely N-dealkylation sites (N-methyl/N-ethyl adjacent to an activating group) is 1. The molecule has 0 aliphatic heterocycles. The summed E-state index contributed by atoms with van der Waals surface area (Å²) in [5.74, 6) is 0.322. The number of nitrogens with two attached hydrogens (primary N) is 1. The van der Waals surface area contributed by atoms with Gasteiger partial charge < -0.3 is 20.7 Å². The molecule has 2 amide bonds. The summed E-state index contributed by atoms with van der Waals surface area (Å²) in [6.07, 6.45) is 0.692. The Morgan fingerprint density at radius 2 is 2.00 bits per heavy atom. The molecule has 0 saturated heterocycles. The lowest BCUT2D eigenvalue weighted by Crippen LogP contribution is -2.40. The maximum Gasteiger partial charge on any atom is 0.241 e. The van der Waals surface area contributed by atoms with Crippen LogP contribution >= 0.6 is 12.4 Å². The number of nitrogens with one attached hydrogen (secondary N) is 1. The van der Waals surface area contributed by atoms with Crippen molar-refractivity contribution in [3.05, 3.63) is 29.8 Å². The highest BCUT2D eigenvalue weighted by atomic mass is 35.5. The molecule has 21 heavy (non-hydrogen) atoms. The van der Waals surface area contributed by atoms with E-state index in [0.29, 0.717) is 13.0 Å². The smallest absolute Gasteiger partial charge is 0.241 e. The number of ether oxygens (including phenoxy) is 1. The number of benzene rings is 1. The highest BCUT2D eigenvalue weighted by Gasteiger charge is 2.11. The number of para-hydroxylation sites is 1. The number of hydrogen-bond donors (Lipinski definition) is 2. The van der Waals surface area contributed by atoms with Crippen LogP contribution in [-0.4, -0.2) is 50.5 Å². The van der Waals surface area contributed by atoms with Crippen molar-refractivity contribution in [3.8, 4) is 5.75 Å². The molecule has 0 radical (unpaired) electrons. The van der Waals surface area contributed by atoms with E-state index in [4.69, 9.17) is 10.5 Å². The van der Waals surface area contributed by atoms with Gasteiger partial charge in [0.15, 0.2) is 0 Å². The zero-order valence-electron chi connectivity index (χ0n) is 12.3. The number of hydrogen-bond acceptors (Lipinski definition) is 4. The number of methoxy groups -OCH3 is 1. The molecule has 0 bridgehead atoms. The maximum atomic E-state index is 11.8. The molecule has 7 heteroatoms. The van der Waals surface area contributed by atoms with Crippen molar-refractivity contribution in [3.63, 3.8) is 0 Å². The normalized spacial score (nSPS) is 9.48. The molecule has 3 N–H and O–H groups in total. The Kier molecular flexibility index (Phi) is 9.16. The lowest BCUT2D eigenvalue weighted by atomic mass is 10.1. The van der Waals surface area contributed by atoms with Gasteiger partial charge in [0, 0.05) is 13.6 Å². The van der Waals surface area contributed by atoms with E-state index in [-0.39, 0.29) is 37.3 Å². The number of halogens is 1. The molecule has 0 unspecified atom stereocenters. The number of carbonyl (C=O) groups is 2. The Balaban J connectivity index is 0.00000400. The molecule has 1 aromatic rings. The lowest BCUT2D eigenvalue weighted by Gasteiger charge is -2.18. The van der Waals surface area contributed by atoms with Crippen molar-refractivity contribution in [2.45, 2.75) is 6.42 Å². The van der Waals surface area contributed by atoms with Gasteiger partial charge in [-0.2, -0.15) is 0 Å². The topological polar surface area (TPSA) is 84.7 Å². The molecule has 0 aliphatic rings. The summed E-state index contributed by atoms with van der Waals surface area (Å²) in [4.78, 5) is 24.3. The fourth-order valence-electron chi connectivity index (χ4n) is 1.70. The first-order valence-corrected chi connectivity index (χ1v) is 6.41. The van der Waals surface area contributed by atoms with Crippen LogP contribution < -0.4 is 15.8 Å². The lowest BCUT2D eigenvalue weighted by molar-refractivity contribution is -0.131. The van der Waals surface area contributed by atoms with Crippen LogP contribution in [0.15, 0.2) is 24.3 Å². The van der Waals surface area contributed by atoms with Gasteiger partial charge in [0.1, 0.15) is 5.75 Å². The van der Waals surface area contributed by atoms with E-state index in [1.165, 1.54) is 0 Å². The van der Waals surface area contributed by atoms with Gasteiger partial charge in [0.25, 0.3) is 0 Å². The fourth-order valence-corrected chi connectivity index (χ4v) is 1.70. The summed E-state index contributed by atoms with van der Waals surface area (Å²) in [5.41, 5.74) is 6.19. The van der Waals surface area contributed by atoms with Crippen LogP contribution in [0.1, 0.15) is 5.56 Å². The Morgan fingerprint density at radius 3 is 2.62 bits per heavy atom. The highest BCUT2D eigenvalue weighted by Crippen LogP contribution is 2.17. The zero-order valence-corrected chi connectivity index (χ0v) is 13.1. The molecule has 6 nitrogen and oxygen atoms in total. The van der Waals surface area contributed by atoms with Gasteiger partial charge in [-0.15, -0.1) is 12.4 Å². The first-order chi connectivity index (χ1) is 9.58. The number of nitrogens with zero attached hydrogens (tertiary/aromatic N) is 1. The van der Waals surface area contributed by atoms with Gasteiger partial charge in [-0.3, -0.25) is 9.59 Å². The summed E-state index contributed by atoms with van der Waals surface area (Å²) in [7, 11) is 3.32. The molecule has 0 atom stereocenters. The molecule has 0 spiro atoms. The first-order valence-electron chi connectivity index (χ1n) is 6.41. The summed E-state index contributed by atoms with van der Waals surface area (Å²) in [5, 5.41) is 2.45. The fraction of sp³-hybridized carbons (Fsp3) is 0.429. The van der Waals surface area contributed by atoms with Crippen molar-refractivity contribution in [1.29, 1.82) is 0 Å². The average Bonchev–Trinajstić information content (AvgIpc) is 2.49. The number of rotatable bonds is 7. The van der Waals surface area contributed by atoms with Gasteiger partial charge in [0.05, 0.1) is 20.2 Å². The van der Waals surface area contributed by atoms with Crippen LogP contribution in [0.3, 0.4) is 0 Å². The quantitative estimate of drug-likeness (QED) is 0.752. The van der Waals surface area contributed by atoms with Crippen LogP contribution in [0, 0.1) is 0 Å². The van der Waals surface area contributed by atoms with Crippen LogP contribution in [0.4, 0.5) is 0 Å². The average molecular weight is 316 g/mol. The zero-order chi connectivity index (χ0) is 15.0. The standard InChI is InChI=1S/C14H21N3O3.ClH/c1-17(14(19)10-16-13(18)9-15)8-7-11-5-3-4-6-12(11)20-2;/h3-6H,7-10,15H2,1-2H3,(H,16,18);1H. The monoisotopic (exact) mass is 315 g/mol. The van der Waals surface area contributed by atoms with Gasteiger partial charge in [-0.05, 0) is 18.1 Å². The second-order valence-electron chi connectivity index (χ2n) is 4.36. The molecular formula is C14H22ClN3O3. The van der Waals surface area contributed by atoms with Crippen molar-refractivity contribution in [1.82, 2.24) is 10.2 Å². The Bertz CT molecular complexity index is 469. The Morgan fingerprint density at radius 1 is 1.33 bits per heavy atom. The Hall–Kier alpha value is -1.79. The summed E-state index contributed by atoms with van der Waals surface area (Å²) >= 11 is 0. The van der Waals surface area contributed by atoms with Crippen LogP contribution in [0.2, 0.25) is 0 Å². The molecule has 0 aliphatic carbocycles. The molecule has 1 rings (SSSR count). The molecule has 0 aromatic heterocycles. The van der Waals surface area contributed by atoms with Gasteiger partial charge in [-0.25, -0.2) is 0 Å². The molecule has 0 fully saturated rings. The van der Waals surface area contributed by atoms with E-state index in [0.717, 1.165) is 11.3 Å². The predicted octanol–water partition coefficient (Wildman–Crippen LogP) is 0.193. The summed E-state index contributed by atoms with van der Waals surface area (Å²) < 4.78 is 5.26. The number of amides is 2. The number of carbonyl (C=O) groups excluding carboxylic acids is 2. The van der Waals surface area contributed by atoms with Gasteiger partial charge in [-0.1, -0.05) is 18.2 Å². The largest absolute Gasteiger partial charge is 0.496 e. The molecule has 0 heterocycles.